The summed E-state index contributed by atoms with van der Waals surface area (Å²) in [5.41, 5.74) is 2.08. The Labute approximate surface area is 163 Å². The molecule has 142 valence electrons. The van der Waals surface area contributed by atoms with E-state index in [1.165, 1.54) is 3.97 Å². The molecule has 2 aromatic carbocycles. The Morgan fingerprint density at radius 3 is 2.32 bits per heavy atom. The van der Waals surface area contributed by atoms with Crippen LogP contribution in [-0.4, -0.2) is 36.2 Å². The van der Waals surface area contributed by atoms with Crippen molar-refractivity contribution in [3.63, 3.8) is 0 Å². The van der Waals surface area contributed by atoms with Crippen LogP contribution in [0.2, 0.25) is 0 Å². The summed E-state index contributed by atoms with van der Waals surface area (Å²) >= 11 is 0. The predicted octanol–water partition coefficient (Wildman–Crippen LogP) is 3.51. The Balaban J connectivity index is 1.69. The molecule has 3 aliphatic heterocycles. The van der Waals surface area contributed by atoms with Crippen LogP contribution in [0.3, 0.4) is 0 Å². The van der Waals surface area contributed by atoms with Crippen molar-refractivity contribution in [3.05, 3.63) is 72.1 Å². The predicted molar refractivity (Wildman–Crippen MR) is 108 cm³/mol. The van der Waals surface area contributed by atoms with Crippen LogP contribution in [0.15, 0.2) is 71.4 Å². The Bertz CT molecular complexity index is 1200. The molecule has 3 aromatic rings. The standard InChI is InChI=1S/C22H20N2O3S/c25-22-16-10-12-23(13-11-16)21(22)14-17-15-24(20-9-5-4-8-19(17)20)28(26,27)18-6-2-1-3-7-18/h1-9,14-16H,10-13H2/b21-14-. The highest BCUT2D eigenvalue weighted by Gasteiger charge is 2.36. The van der Waals surface area contributed by atoms with Crippen molar-refractivity contribution in [3.8, 4) is 0 Å². The summed E-state index contributed by atoms with van der Waals surface area (Å²) in [4.78, 5) is 15.1. The zero-order valence-corrected chi connectivity index (χ0v) is 16.1. The van der Waals surface area contributed by atoms with Gasteiger partial charge in [-0.15, -0.1) is 0 Å². The van der Waals surface area contributed by atoms with E-state index in [9.17, 15) is 13.2 Å². The second-order valence-electron chi connectivity index (χ2n) is 7.37. The Morgan fingerprint density at radius 1 is 0.929 bits per heavy atom. The van der Waals surface area contributed by atoms with Crippen molar-refractivity contribution < 1.29 is 13.2 Å². The second-order valence-corrected chi connectivity index (χ2v) is 9.19. The zero-order valence-electron chi connectivity index (χ0n) is 15.3. The van der Waals surface area contributed by atoms with E-state index in [-0.39, 0.29) is 16.6 Å². The van der Waals surface area contributed by atoms with Crippen LogP contribution in [0, 0.1) is 5.92 Å². The Hall–Kier alpha value is -2.86. The number of piperidine rings is 3. The zero-order chi connectivity index (χ0) is 19.3. The lowest BCUT2D eigenvalue weighted by atomic mass is 9.84. The molecule has 4 heterocycles. The highest BCUT2D eigenvalue weighted by Crippen LogP contribution is 2.34. The van der Waals surface area contributed by atoms with Crippen molar-refractivity contribution in [1.82, 2.24) is 8.87 Å². The van der Waals surface area contributed by atoms with Gasteiger partial charge in [-0.25, -0.2) is 12.4 Å². The number of nitrogens with zero attached hydrogens (tertiary/aromatic N) is 2. The number of benzene rings is 2. The van der Waals surface area contributed by atoms with Gasteiger partial charge >= 0.3 is 0 Å². The average Bonchev–Trinajstić information content (AvgIpc) is 3.11. The van der Waals surface area contributed by atoms with E-state index in [1.807, 2.05) is 24.3 Å². The van der Waals surface area contributed by atoms with E-state index in [0.29, 0.717) is 11.2 Å². The molecule has 3 aliphatic rings. The first-order valence-electron chi connectivity index (χ1n) is 9.47. The number of carbonyl (C=O) groups is 1. The smallest absolute Gasteiger partial charge is 0.268 e. The van der Waals surface area contributed by atoms with Gasteiger partial charge in [0.05, 0.1) is 16.1 Å². The molecule has 28 heavy (non-hydrogen) atoms. The van der Waals surface area contributed by atoms with Crippen molar-refractivity contribution in [2.75, 3.05) is 13.1 Å². The number of hydrogen-bond donors (Lipinski definition) is 0. The summed E-state index contributed by atoms with van der Waals surface area (Å²) in [5.74, 6) is 0.290. The van der Waals surface area contributed by atoms with Crippen molar-refractivity contribution in [1.29, 1.82) is 0 Å². The highest BCUT2D eigenvalue weighted by molar-refractivity contribution is 7.90. The Morgan fingerprint density at radius 2 is 1.61 bits per heavy atom. The second kappa shape index (κ2) is 6.34. The first-order chi connectivity index (χ1) is 13.6. The number of Topliss-reactive ketones (excluding diaryl/α,β-unsaturated/α-hetero) is 1. The Kier molecular flexibility index (Phi) is 3.91. The minimum atomic E-state index is -3.72. The van der Waals surface area contributed by atoms with Crippen molar-refractivity contribution in [2.24, 2.45) is 5.92 Å². The molecule has 3 fully saturated rings. The van der Waals surface area contributed by atoms with Gasteiger partial charge in [-0.05, 0) is 37.1 Å². The molecule has 6 heteroatoms. The van der Waals surface area contributed by atoms with E-state index >= 15 is 0 Å². The van der Waals surface area contributed by atoms with Crippen LogP contribution >= 0.6 is 0 Å². The van der Waals surface area contributed by atoms with E-state index in [2.05, 4.69) is 4.90 Å². The first-order valence-corrected chi connectivity index (χ1v) is 10.9. The van der Waals surface area contributed by atoms with Gasteiger partial charge in [-0.1, -0.05) is 36.4 Å². The molecule has 1 aromatic heterocycles. The van der Waals surface area contributed by atoms with Gasteiger partial charge in [0.1, 0.15) is 0 Å². The average molecular weight is 392 g/mol. The fourth-order valence-corrected chi connectivity index (χ4v) is 5.65. The molecule has 0 spiro atoms. The molecule has 2 bridgehead atoms. The number of fused-ring (bicyclic) bond motifs is 4. The van der Waals surface area contributed by atoms with Gasteiger partial charge < -0.3 is 4.90 Å². The fourth-order valence-electron chi connectivity index (χ4n) is 4.25. The molecule has 5 nitrogen and oxygen atoms in total. The van der Waals surface area contributed by atoms with E-state index in [4.69, 9.17) is 0 Å². The molecule has 0 unspecified atom stereocenters. The maximum absolute atomic E-state index is 13.2. The molecule has 0 amide bonds. The maximum atomic E-state index is 13.2. The third kappa shape index (κ3) is 2.59. The topological polar surface area (TPSA) is 59.4 Å². The number of ketones is 1. The monoisotopic (exact) mass is 392 g/mol. The molecule has 0 aliphatic carbocycles. The summed E-state index contributed by atoms with van der Waals surface area (Å²) in [6, 6.07) is 15.8. The number of para-hydroxylation sites is 1. The maximum Gasteiger partial charge on any atom is 0.268 e. The fraction of sp³-hybridized carbons (Fsp3) is 0.227. The molecular formula is C22H20N2O3S. The lowest BCUT2D eigenvalue weighted by Gasteiger charge is -2.41. The van der Waals surface area contributed by atoms with Crippen LogP contribution < -0.4 is 0 Å². The lowest BCUT2D eigenvalue weighted by molar-refractivity contribution is -0.125. The molecule has 0 atom stereocenters. The normalized spacial score (nSPS) is 19.1. The number of hydrogen-bond acceptors (Lipinski definition) is 4. The van der Waals surface area contributed by atoms with Crippen LogP contribution in [-0.2, 0) is 14.8 Å². The van der Waals surface area contributed by atoms with Gasteiger partial charge in [0.15, 0.2) is 5.78 Å². The number of carbonyl (C=O) groups excluding carboxylic acids is 1. The van der Waals surface area contributed by atoms with Crippen LogP contribution in [0.4, 0.5) is 0 Å². The van der Waals surface area contributed by atoms with Crippen molar-refractivity contribution in [2.45, 2.75) is 17.7 Å². The molecule has 3 saturated heterocycles. The SMILES string of the molecule is O=C1/C(=C/c2cn(S(=O)(=O)c3ccccc3)c3ccccc23)N2CCC1CC2. The van der Waals surface area contributed by atoms with Gasteiger partial charge in [-0.3, -0.25) is 4.79 Å². The number of aromatic nitrogens is 1. The largest absolute Gasteiger partial charge is 0.369 e. The lowest BCUT2D eigenvalue weighted by Crippen LogP contribution is -2.45. The number of allylic oxidation sites excluding steroid dienone is 1. The van der Waals surface area contributed by atoms with Gasteiger partial charge in [0.25, 0.3) is 10.0 Å². The van der Waals surface area contributed by atoms with Gasteiger partial charge in [-0.2, -0.15) is 0 Å². The van der Waals surface area contributed by atoms with Crippen LogP contribution in [0.1, 0.15) is 18.4 Å². The molecular weight excluding hydrogens is 372 g/mol. The molecule has 6 rings (SSSR count). The summed E-state index contributed by atoms with van der Waals surface area (Å²) in [7, 11) is -3.72. The minimum absolute atomic E-state index is 0.109. The summed E-state index contributed by atoms with van der Waals surface area (Å²) in [6.45, 7) is 1.78. The van der Waals surface area contributed by atoms with Crippen LogP contribution in [0.25, 0.3) is 17.0 Å². The molecule has 0 saturated carbocycles. The third-order valence-electron chi connectivity index (χ3n) is 5.76. The highest BCUT2D eigenvalue weighted by atomic mass is 32.2. The van der Waals surface area contributed by atoms with E-state index < -0.39 is 10.0 Å². The first kappa shape index (κ1) is 17.3. The van der Waals surface area contributed by atoms with E-state index in [0.717, 1.165) is 36.9 Å². The number of rotatable bonds is 3. The molecule has 0 radical (unpaired) electrons. The van der Waals surface area contributed by atoms with E-state index in [1.54, 1.807) is 42.6 Å². The van der Waals surface area contributed by atoms with Crippen LogP contribution in [0.5, 0.6) is 0 Å². The third-order valence-corrected chi connectivity index (χ3v) is 7.45. The summed E-state index contributed by atoms with van der Waals surface area (Å²) in [5, 5.41) is 0.824. The van der Waals surface area contributed by atoms with Crippen molar-refractivity contribution >= 4 is 32.8 Å². The van der Waals surface area contributed by atoms with Gasteiger partial charge in [0, 0.05) is 36.2 Å². The van der Waals surface area contributed by atoms with Gasteiger partial charge in [0.2, 0.25) is 0 Å². The minimum Gasteiger partial charge on any atom is -0.369 e. The summed E-state index contributed by atoms with van der Waals surface area (Å²) < 4.78 is 27.7. The molecule has 0 N–H and O–H groups in total. The quantitative estimate of drug-likeness (QED) is 0.640. The summed E-state index contributed by atoms with van der Waals surface area (Å²) in [6.07, 6.45) is 5.34.